The number of aliphatic hydroxyl groups is 1. The second-order valence-corrected chi connectivity index (χ2v) is 6.71. The van der Waals surface area contributed by atoms with Crippen LogP contribution in [0.15, 0.2) is 102 Å². The van der Waals surface area contributed by atoms with E-state index < -0.39 is 0 Å². The van der Waals surface area contributed by atoms with Crippen molar-refractivity contribution < 1.29 is 9.84 Å². The number of pyridine rings is 1. The summed E-state index contributed by atoms with van der Waals surface area (Å²) in [6.45, 7) is 0.0579. The minimum Gasteiger partial charge on any atom is -0.483 e. The molecule has 0 atom stereocenters. The summed E-state index contributed by atoms with van der Waals surface area (Å²) in [5.74, 6) is 0.246. The minimum absolute atomic E-state index is 0.246. The lowest BCUT2D eigenvalue weighted by Crippen LogP contribution is -2.14. The van der Waals surface area contributed by atoms with Crippen LogP contribution in [0.5, 0.6) is 5.75 Å². The standard InChI is InChI=1S/C25H21NO3/c27-17-23-15-24(28)25(29-18-19-8-3-1-4-9-19)16-26(23)22-13-7-12-21(14-22)20-10-5-2-6-11-20/h1-16,27H,17-18H2. The van der Waals surface area contributed by atoms with Crippen molar-refractivity contribution in [1.29, 1.82) is 0 Å². The van der Waals surface area contributed by atoms with Crippen LogP contribution in [-0.2, 0) is 13.2 Å². The van der Waals surface area contributed by atoms with Crippen LogP contribution in [0.1, 0.15) is 11.3 Å². The van der Waals surface area contributed by atoms with Crippen molar-refractivity contribution in [3.63, 3.8) is 0 Å². The molecule has 4 heteroatoms. The molecule has 0 radical (unpaired) electrons. The second-order valence-electron chi connectivity index (χ2n) is 6.71. The molecule has 4 rings (SSSR count). The Morgan fingerprint density at radius 1 is 0.793 bits per heavy atom. The summed E-state index contributed by atoms with van der Waals surface area (Å²) in [6, 6.07) is 29.2. The Labute approximate surface area is 169 Å². The van der Waals surface area contributed by atoms with Crippen LogP contribution in [0.25, 0.3) is 16.8 Å². The molecule has 0 fully saturated rings. The molecule has 1 heterocycles. The van der Waals surface area contributed by atoms with E-state index in [0.29, 0.717) is 12.3 Å². The van der Waals surface area contributed by atoms with E-state index in [4.69, 9.17) is 4.74 Å². The quantitative estimate of drug-likeness (QED) is 0.530. The van der Waals surface area contributed by atoms with Crippen molar-refractivity contribution in [2.24, 2.45) is 0 Å². The van der Waals surface area contributed by atoms with Gasteiger partial charge >= 0.3 is 0 Å². The normalized spacial score (nSPS) is 10.7. The molecule has 0 unspecified atom stereocenters. The van der Waals surface area contributed by atoms with Crippen molar-refractivity contribution in [2.45, 2.75) is 13.2 Å². The molecule has 0 spiro atoms. The Balaban J connectivity index is 1.70. The highest BCUT2D eigenvalue weighted by Crippen LogP contribution is 2.23. The highest BCUT2D eigenvalue weighted by atomic mass is 16.5. The molecule has 4 nitrogen and oxygen atoms in total. The molecule has 0 saturated heterocycles. The Bertz CT molecular complexity index is 1150. The summed E-state index contributed by atoms with van der Waals surface area (Å²) >= 11 is 0. The number of rotatable bonds is 6. The number of ether oxygens (including phenoxy) is 1. The van der Waals surface area contributed by atoms with Crippen molar-refractivity contribution >= 4 is 0 Å². The molecule has 0 aliphatic heterocycles. The van der Waals surface area contributed by atoms with Crippen molar-refractivity contribution in [1.82, 2.24) is 4.57 Å². The van der Waals surface area contributed by atoms with Gasteiger partial charge in [0.05, 0.1) is 18.5 Å². The zero-order valence-electron chi connectivity index (χ0n) is 15.9. The van der Waals surface area contributed by atoms with Gasteiger partial charge in [-0.05, 0) is 28.8 Å². The predicted octanol–water partition coefficient (Wildman–Crippen LogP) is 4.58. The molecule has 0 aliphatic rings. The lowest BCUT2D eigenvalue weighted by Gasteiger charge is -2.15. The molecule has 0 bridgehead atoms. The number of nitrogens with zero attached hydrogens (tertiary/aromatic N) is 1. The Morgan fingerprint density at radius 3 is 2.21 bits per heavy atom. The van der Waals surface area contributed by atoms with Gasteiger partial charge in [0.15, 0.2) is 5.75 Å². The third kappa shape index (κ3) is 4.28. The second kappa shape index (κ2) is 8.59. The lowest BCUT2D eigenvalue weighted by molar-refractivity contribution is 0.270. The van der Waals surface area contributed by atoms with Gasteiger partial charge in [-0.1, -0.05) is 72.8 Å². The first-order chi connectivity index (χ1) is 14.2. The van der Waals surface area contributed by atoms with Crippen LogP contribution in [0.4, 0.5) is 0 Å². The third-order valence-electron chi connectivity index (χ3n) is 4.73. The minimum atomic E-state index is -0.250. The summed E-state index contributed by atoms with van der Waals surface area (Å²) in [6.07, 6.45) is 1.65. The van der Waals surface area contributed by atoms with Gasteiger partial charge in [0.1, 0.15) is 6.61 Å². The van der Waals surface area contributed by atoms with Crippen molar-refractivity contribution in [3.8, 4) is 22.6 Å². The Hall–Kier alpha value is -3.63. The van der Waals surface area contributed by atoms with Crippen LogP contribution in [0, 0.1) is 0 Å². The van der Waals surface area contributed by atoms with E-state index in [2.05, 4.69) is 0 Å². The van der Waals surface area contributed by atoms with Gasteiger partial charge < -0.3 is 14.4 Å². The first kappa shape index (κ1) is 18.7. The summed E-state index contributed by atoms with van der Waals surface area (Å²) in [5.41, 5.74) is 4.24. The number of hydrogen-bond acceptors (Lipinski definition) is 3. The zero-order valence-corrected chi connectivity index (χ0v) is 15.9. The van der Waals surface area contributed by atoms with Crippen molar-refractivity contribution in [3.05, 3.63) is 119 Å². The molecular formula is C25H21NO3. The van der Waals surface area contributed by atoms with Gasteiger partial charge in [0, 0.05) is 11.8 Å². The first-order valence-corrected chi connectivity index (χ1v) is 9.43. The maximum Gasteiger partial charge on any atom is 0.223 e. The number of aromatic nitrogens is 1. The van der Waals surface area contributed by atoms with Gasteiger partial charge in [-0.3, -0.25) is 4.79 Å². The zero-order chi connectivity index (χ0) is 20.1. The van der Waals surface area contributed by atoms with Gasteiger partial charge in [0.25, 0.3) is 0 Å². The van der Waals surface area contributed by atoms with E-state index in [9.17, 15) is 9.90 Å². The number of aliphatic hydroxyl groups excluding tert-OH is 1. The molecule has 1 N–H and O–H groups in total. The molecule has 0 saturated carbocycles. The molecule has 29 heavy (non-hydrogen) atoms. The van der Waals surface area contributed by atoms with E-state index in [1.165, 1.54) is 6.07 Å². The fraction of sp³-hybridized carbons (Fsp3) is 0.0800. The fourth-order valence-corrected chi connectivity index (χ4v) is 3.23. The third-order valence-corrected chi connectivity index (χ3v) is 4.73. The van der Waals surface area contributed by atoms with Crippen LogP contribution in [-0.4, -0.2) is 9.67 Å². The van der Waals surface area contributed by atoms with Crippen LogP contribution >= 0.6 is 0 Å². The lowest BCUT2D eigenvalue weighted by atomic mass is 10.1. The Kier molecular flexibility index (Phi) is 5.54. The summed E-state index contributed by atoms with van der Waals surface area (Å²) < 4.78 is 7.58. The van der Waals surface area contributed by atoms with Crippen LogP contribution in [0.2, 0.25) is 0 Å². The summed E-state index contributed by atoms with van der Waals surface area (Å²) in [7, 11) is 0. The first-order valence-electron chi connectivity index (χ1n) is 9.43. The highest BCUT2D eigenvalue weighted by molar-refractivity contribution is 5.66. The highest BCUT2D eigenvalue weighted by Gasteiger charge is 2.10. The van der Waals surface area contributed by atoms with E-state index in [1.807, 2.05) is 84.9 Å². The predicted molar refractivity (Wildman–Crippen MR) is 114 cm³/mol. The molecule has 1 aromatic heterocycles. The van der Waals surface area contributed by atoms with E-state index in [0.717, 1.165) is 22.4 Å². The molecule has 144 valence electrons. The average molecular weight is 383 g/mol. The van der Waals surface area contributed by atoms with E-state index in [1.54, 1.807) is 10.8 Å². The average Bonchev–Trinajstić information content (AvgIpc) is 2.79. The molecular weight excluding hydrogens is 362 g/mol. The van der Waals surface area contributed by atoms with Gasteiger partial charge in [-0.25, -0.2) is 0 Å². The SMILES string of the molecule is O=c1cc(CO)n(-c2cccc(-c3ccccc3)c2)cc1OCc1ccccc1. The maximum absolute atomic E-state index is 12.4. The topological polar surface area (TPSA) is 51.5 Å². The smallest absolute Gasteiger partial charge is 0.223 e. The monoisotopic (exact) mass is 383 g/mol. The maximum atomic E-state index is 12.4. The molecule has 0 aliphatic carbocycles. The van der Waals surface area contributed by atoms with Crippen molar-refractivity contribution in [2.75, 3.05) is 0 Å². The van der Waals surface area contributed by atoms with Gasteiger partial charge in [-0.2, -0.15) is 0 Å². The van der Waals surface area contributed by atoms with Gasteiger partial charge in [0.2, 0.25) is 5.43 Å². The van der Waals surface area contributed by atoms with Crippen LogP contribution < -0.4 is 10.2 Å². The fourth-order valence-electron chi connectivity index (χ4n) is 3.23. The number of benzene rings is 3. The van der Waals surface area contributed by atoms with E-state index in [-0.39, 0.29) is 17.8 Å². The molecule has 3 aromatic carbocycles. The largest absolute Gasteiger partial charge is 0.483 e. The van der Waals surface area contributed by atoms with E-state index >= 15 is 0 Å². The summed E-state index contributed by atoms with van der Waals surface area (Å²) in [5, 5.41) is 9.79. The van der Waals surface area contributed by atoms with Crippen LogP contribution in [0.3, 0.4) is 0 Å². The number of hydrogen-bond donors (Lipinski definition) is 1. The van der Waals surface area contributed by atoms with Gasteiger partial charge in [-0.15, -0.1) is 0 Å². The Morgan fingerprint density at radius 2 is 1.48 bits per heavy atom. The molecule has 0 amide bonds. The molecule has 4 aromatic rings. The summed E-state index contributed by atoms with van der Waals surface area (Å²) in [4.78, 5) is 12.4.